The van der Waals surface area contributed by atoms with Crippen LogP contribution in [0.3, 0.4) is 0 Å². The van der Waals surface area contributed by atoms with Gasteiger partial charge >= 0.3 is 5.97 Å². The maximum Gasteiger partial charge on any atom is 0.345 e. The van der Waals surface area contributed by atoms with Gasteiger partial charge in [-0.05, 0) is 13.3 Å². The highest BCUT2D eigenvalue weighted by Gasteiger charge is 2.26. The summed E-state index contributed by atoms with van der Waals surface area (Å²) >= 11 is 0. The summed E-state index contributed by atoms with van der Waals surface area (Å²) in [4.78, 5) is 34.1. The Morgan fingerprint density at radius 1 is 1.25 bits per heavy atom. The Morgan fingerprint density at radius 2 is 1.83 bits per heavy atom. The van der Waals surface area contributed by atoms with Crippen LogP contribution in [0.15, 0.2) is 12.1 Å². The molecule has 1 atom stereocenters. The summed E-state index contributed by atoms with van der Waals surface area (Å²) in [6.45, 7) is 3.16. The highest BCUT2D eigenvalue weighted by Crippen LogP contribution is 2.34. The lowest BCUT2D eigenvalue weighted by Gasteiger charge is -2.12. The Hall–Kier alpha value is -2.84. The second-order valence-corrected chi connectivity index (χ2v) is 4.93. The molecule has 24 heavy (non-hydrogen) atoms. The lowest BCUT2D eigenvalue weighted by Crippen LogP contribution is -2.35. The number of rotatable bonds is 8. The number of hydrogen-bond acceptors (Lipinski definition) is 7. The van der Waals surface area contributed by atoms with Gasteiger partial charge in [0.1, 0.15) is 5.56 Å². The van der Waals surface area contributed by atoms with Crippen molar-refractivity contribution in [2.24, 2.45) is 0 Å². The van der Waals surface area contributed by atoms with E-state index in [4.69, 9.17) is 14.2 Å². The van der Waals surface area contributed by atoms with Gasteiger partial charge in [-0.25, -0.2) is 4.79 Å². The van der Waals surface area contributed by atoms with Gasteiger partial charge in [-0.3, -0.25) is 14.9 Å². The van der Waals surface area contributed by atoms with Crippen molar-refractivity contribution in [1.82, 2.24) is 5.32 Å². The van der Waals surface area contributed by atoms with Gasteiger partial charge in [-0.2, -0.15) is 0 Å². The van der Waals surface area contributed by atoms with E-state index < -0.39 is 29.1 Å². The Morgan fingerprint density at radius 3 is 2.33 bits per heavy atom. The summed E-state index contributed by atoms with van der Waals surface area (Å²) in [7, 11) is 2.65. The summed E-state index contributed by atoms with van der Waals surface area (Å²) in [6, 6.07) is 2.15. The molecule has 0 aliphatic rings. The lowest BCUT2D eigenvalue weighted by molar-refractivity contribution is -0.385. The molecule has 0 fully saturated rings. The van der Waals surface area contributed by atoms with Gasteiger partial charge in [0, 0.05) is 12.1 Å². The first-order chi connectivity index (χ1) is 11.3. The molecule has 9 nitrogen and oxygen atoms in total. The topological polar surface area (TPSA) is 117 Å². The highest BCUT2D eigenvalue weighted by atomic mass is 16.6. The van der Waals surface area contributed by atoms with Crippen molar-refractivity contribution in [3.63, 3.8) is 0 Å². The summed E-state index contributed by atoms with van der Waals surface area (Å²) in [5.41, 5.74) is -0.825. The number of amides is 1. The molecule has 1 N–H and O–H groups in total. The van der Waals surface area contributed by atoms with E-state index in [9.17, 15) is 19.7 Å². The number of benzene rings is 1. The molecular formula is C15H20N2O7. The molecule has 132 valence electrons. The van der Waals surface area contributed by atoms with Crippen molar-refractivity contribution < 1.29 is 28.7 Å². The molecule has 0 saturated heterocycles. The van der Waals surface area contributed by atoms with E-state index in [1.807, 2.05) is 6.92 Å². The normalized spacial score (nSPS) is 11.3. The van der Waals surface area contributed by atoms with Crippen LogP contribution in [0.25, 0.3) is 0 Å². The molecule has 0 bridgehead atoms. The molecule has 0 aliphatic carbocycles. The Bertz CT molecular complexity index is 630. The highest BCUT2D eigenvalue weighted by molar-refractivity contribution is 5.96. The molecule has 0 aromatic heterocycles. The summed E-state index contributed by atoms with van der Waals surface area (Å²) in [6.07, 6.45) is 0.723. The zero-order chi connectivity index (χ0) is 18.3. The molecule has 1 rings (SSSR count). The third-order valence-corrected chi connectivity index (χ3v) is 3.27. The van der Waals surface area contributed by atoms with E-state index in [0.717, 1.165) is 18.6 Å². The van der Waals surface area contributed by atoms with Crippen molar-refractivity contribution in [3.8, 4) is 11.5 Å². The van der Waals surface area contributed by atoms with E-state index >= 15 is 0 Å². The van der Waals surface area contributed by atoms with E-state index in [0.29, 0.717) is 0 Å². The summed E-state index contributed by atoms with van der Waals surface area (Å²) < 4.78 is 14.8. The largest absolute Gasteiger partial charge is 0.493 e. The van der Waals surface area contributed by atoms with Crippen LogP contribution in [0.2, 0.25) is 0 Å². The van der Waals surface area contributed by atoms with E-state index in [1.54, 1.807) is 6.92 Å². The molecular weight excluding hydrogens is 320 g/mol. The van der Waals surface area contributed by atoms with Crippen LogP contribution in [-0.4, -0.2) is 43.7 Å². The molecule has 1 aromatic carbocycles. The van der Waals surface area contributed by atoms with Crippen molar-refractivity contribution in [1.29, 1.82) is 0 Å². The van der Waals surface area contributed by atoms with Gasteiger partial charge in [0.25, 0.3) is 11.6 Å². The fourth-order valence-corrected chi connectivity index (χ4v) is 1.81. The zero-order valence-electron chi connectivity index (χ0n) is 14.0. The predicted molar refractivity (Wildman–Crippen MR) is 84.4 cm³/mol. The number of esters is 1. The molecule has 9 heteroatoms. The first-order valence-electron chi connectivity index (χ1n) is 7.20. The number of nitro benzene ring substituents is 1. The van der Waals surface area contributed by atoms with Crippen LogP contribution in [0.1, 0.15) is 30.6 Å². The molecule has 1 amide bonds. The lowest BCUT2D eigenvalue weighted by atomic mass is 10.1. The standard InChI is InChI=1S/C15H20N2O7/c1-5-9(2)16-14(18)8-24-15(19)10-6-12(22-3)13(23-4)7-11(10)17(20)21/h6-7,9H,5,8H2,1-4H3,(H,16,18)/t9-/m1/s1. The van der Waals surface area contributed by atoms with Gasteiger partial charge in [0.15, 0.2) is 18.1 Å². The number of methoxy groups -OCH3 is 2. The average Bonchev–Trinajstić information content (AvgIpc) is 2.57. The quantitative estimate of drug-likeness (QED) is 0.434. The minimum atomic E-state index is -0.998. The second-order valence-electron chi connectivity index (χ2n) is 4.93. The monoisotopic (exact) mass is 340 g/mol. The van der Waals surface area contributed by atoms with Crippen molar-refractivity contribution >= 4 is 17.6 Å². The Balaban J connectivity index is 2.96. The number of nitrogens with zero attached hydrogens (tertiary/aromatic N) is 1. The van der Waals surface area contributed by atoms with Crippen LogP contribution < -0.4 is 14.8 Å². The molecule has 1 aromatic rings. The molecule has 0 unspecified atom stereocenters. The third kappa shape index (κ3) is 4.83. The van der Waals surface area contributed by atoms with Crippen molar-refractivity contribution in [2.75, 3.05) is 20.8 Å². The van der Waals surface area contributed by atoms with Crippen LogP contribution in [-0.2, 0) is 9.53 Å². The van der Waals surface area contributed by atoms with Gasteiger partial charge in [0.2, 0.25) is 0 Å². The van der Waals surface area contributed by atoms with Gasteiger partial charge in [0.05, 0.1) is 25.2 Å². The Kier molecular flexibility index (Phi) is 6.97. The Labute approximate surface area is 139 Å². The molecule has 0 aliphatic heterocycles. The van der Waals surface area contributed by atoms with E-state index in [1.165, 1.54) is 14.2 Å². The summed E-state index contributed by atoms with van der Waals surface area (Å²) in [5.74, 6) is -1.24. The minimum Gasteiger partial charge on any atom is -0.493 e. The number of hydrogen-bond donors (Lipinski definition) is 1. The van der Waals surface area contributed by atoms with Gasteiger partial charge in [-0.1, -0.05) is 6.92 Å². The number of nitro groups is 1. The zero-order valence-corrected chi connectivity index (χ0v) is 14.0. The van der Waals surface area contributed by atoms with E-state index in [2.05, 4.69) is 5.32 Å². The maximum absolute atomic E-state index is 12.1. The van der Waals surface area contributed by atoms with Crippen LogP contribution >= 0.6 is 0 Å². The number of nitrogens with one attached hydrogen (secondary N) is 1. The SMILES string of the molecule is CC[C@@H](C)NC(=O)COC(=O)c1cc(OC)c(OC)cc1[N+](=O)[O-]. The molecule has 0 spiro atoms. The fourth-order valence-electron chi connectivity index (χ4n) is 1.81. The minimum absolute atomic E-state index is 0.0633. The van der Waals surface area contributed by atoms with Gasteiger partial charge < -0.3 is 19.5 Å². The number of carbonyl (C=O) groups is 2. The smallest absolute Gasteiger partial charge is 0.345 e. The first kappa shape index (κ1) is 19.2. The van der Waals surface area contributed by atoms with Crippen molar-refractivity contribution in [3.05, 3.63) is 27.8 Å². The maximum atomic E-state index is 12.1. The van der Waals surface area contributed by atoms with Crippen LogP contribution in [0, 0.1) is 10.1 Å². The van der Waals surface area contributed by atoms with Gasteiger partial charge in [-0.15, -0.1) is 0 Å². The fraction of sp³-hybridized carbons (Fsp3) is 0.467. The second kappa shape index (κ2) is 8.70. The predicted octanol–water partition coefficient (Wildman–Crippen LogP) is 1.68. The molecule has 0 radical (unpaired) electrons. The molecule has 0 heterocycles. The number of carbonyl (C=O) groups excluding carboxylic acids is 2. The average molecular weight is 340 g/mol. The third-order valence-electron chi connectivity index (χ3n) is 3.27. The summed E-state index contributed by atoms with van der Waals surface area (Å²) in [5, 5.41) is 13.8. The first-order valence-corrected chi connectivity index (χ1v) is 7.20. The van der Waals surface area contributed by atoms with Crippen LogP contribution in [0.4, 0.5) is 5.69 Å². The number of ether oxygens (including phenoxy) is 3. The van der Waals surface area contributed by atoms with E-state index in [-0.39, 0.29) is 23.1 Å². The van der Waals surface area contributed by atoms with Crippen molar-refractivity contribution in [2.45, 2.75) is 26.3 Å². The van der Waals surface area contributed by atoms with Crippen LogP contribution in [0.5, 0.6) is 11.5 Å². The molecule has 0 saturated carbocycles.